The van der Waals surface area contributed by atoms with Crippen molar-refractivity contribution in [3.8, 4) is 0 Å². The van der Waals surface area contributed by atoms with Crippen LogP contribution in [-0.4, -0.2) is 119 Å². The fourth-order valence-corrected chi connectivity index (χ4v) is 6.94. The summed E-state index contributed by atoms with van der Waals surface area (Å²) in [7, 11) is 0. The van der Waals surface area contributed by atoms with E-state index < -0.39 is 36.5 Å². The van der Waals surface area contributed by atoms with Crippen LogP contribution in [0, 0.1) is 0 Å². The molecule has 6 atom stereocenters. The van der Waals surface area contributed by atoms with Crippen molar-refractivity contribution in [1.29, 1.82) is 0 Å². The zero-order valence-electron chi connectivity index (χ0n) is 35.8. The molecule has 0 aromatic heterocycles. The SMILES string of the molecule is C.O=C(OCc1ccccc1)N1CCCC2OC2C1.[N-]=[N+]=N[C@H]1CCCN(C(=O)OCc2ccccc2)C[C@@H]1O.[N-]=[N+]=N[C@H]1CN(C(=O)OCc2ccccc2)CCC[C@@H]1O.[N-]=[N+]=[N-].[Na+]. The molecule has 65 heavy (non-hydrogen) atoms. The summed E-state index contributed by atoms with van der Waals surface area (Å²) < 4.78 is 21.3. The van der Waals surface area contributed by atoms with Gasteiger partial charge in [0.05, 0.1) is 43.5 Å². The molecule has 4 aliphatic rings. The smallest absolute Gasteiger partial charge is 0.445 e. The van der Waals surface area contributed by atoms with Crippen LogP contribution in [0.15, 0.2) is 101 Å². The number of amides is 3. The number of aliphatic hydroxyl groups excluding tert-OH is 2. The zero-order valence-corrected chi connectivity index (χ0v) is 37.8. The molecule has 0 bridgehead atoms. The second kappa shape index (κ2) is 31.2. The van der Waals surface area contributed by atoms with Crippen LogP contribution in [0.4, 0.5) is 14.4 Å². The second-order valence-electron chi connectivity index (χ2n) is 14.9. The first-order chi connectivity index (χ1) is 30.6. The number of fused-ring (bicyclic) bond motifs is 1. The summed E-state index contributed by atoms with van der Waals surface area (Å²) in [6.07, 6.45) is 2.38. The minimum absolute atomic E-state index is 0. The average molecular weight is 909 g/mol. The summed E-state index contributed by atoms with van der Waals surface area (Å²) in [6.45, 7) is 3.48. The summed E-state index contributed by atoms with van der Waals surface area (Å²) in [4.78, 5) is 47.7. The molecule has 4 aliphatic heterocycles. The molecule has 0 saturated carbocycles. The van der Waals surface area contributed by atoms with Crippen LogP contribution in [0.1, 0.15) is 62.6 Å². The third kappa shape index (κ3) is 20.3. The van der Waals surface area contributed by atoms with Gasteiger partial charge in [-0.25, -0.2) is 14.4 Å². The van der Waals surface area contributed by atoms with Gasteiger partial charge in [0.2, 0.25) is 0 Å². The number of azide groups is 2. The van der Waals surface area contributed by atoms with Gasteiger partial charge in [-0.2, -0.15) is 0 Å². The molecule has 22 heteroatoms. The van der Waals surface area contributed by atoms with Crippen LogP contribution in [-0.2, 0) is 38.8 Å². The molecule has 0 radical (unpaired) electrons. The normalized spacial score (nSPS) is 21.6. The zero-order chi connectivity index (χ0) is 45.2. The van der Waals surface area contributed by atoms with Gasteiger partial charge in [-0.3, -0.25) is 4.91 Å². The van der Waals surface area contributed by atoms with Crippen molar-refractivity contribution in [2.45, 2.75) is 102 Å². The Balaban J connectivity index is 0.000000321. The van der Waals surface area contributed by atoms with Crippen LogP contribution in [0.5, 0.6) is 0 Å². The van der Waals surface area contributed by atoms with Gasteiger partial charge in [-0.1, -0.05) is 109 Å². The number of ether oxygens (including phenoxy) is 4. The van der Waals surface area contributed by atoms with Gasteiger partial charge in [-0.15, -0.1) is 0 Å². The number of rotatable bonds is 8. The van der Waals surface area contributed by atoms with Crippen molar-refractivity contribution in [2.75, 3.05) is 39.3 Å². The number of nitrogens with zero attached hydrogens (tertiary/aromatic N) is 12. The summed E-state index contributed by atoms with van der Waals surface area (Å²) in [6, 6.07) is 27.4. The molecule has 7 rings (SSSR count). The van der Waals surface area contributed by atoms with E-state index in [0.29, 0.717) is 58.0 Å². The van der Waals surface area contributed by atoms with Gasteiger partial charge in [0, 0.05) is 36.0 Å². The van der Waals surface area contributed by atoms with Crippen molar-refractivity contribution in [3.05, 3.63) is 145 Å². The van der Waals surface area contributed by atoms with Crippen molar-refractivity contribution in [3.63, 3.8) is 0 Å². The molecule has 344 valence electrons. The summed E-state index contributed by atoms with van der Waals surface area (Å²) in [5.41, 5.74) is 33.3. The minimum atomic E-state index is -0.854. The van der Waals surface area contributed by atoms with E-state index in [2.05, 4.69) is 20.1 Å². The third-order valence-electron chi connectivity index (χ3n) is 10.4. The average Bonchev–Trinajstić information content (AvgIpc) is 4.13. The fraction of sp³-hybridized carbons (Fsp3) is 0.512. The molecular formula is C43H57N12NaO9. The Morgan fingerprint density at radius 1 is 0.569 bits per heavy atom. The van der Waals surface area contributed by atoms with Gasteiger partial charge in [0.25, 0.3) is 0 Å². The topological polar surface area (TPSA) is 298 Å². The molecule has 4 fully saturated rings. The van der Waals surface area contributed by atoms with E-state index in [4.69, 9.17) is 41.1 Å². The number of hydrogen-bond donors (Lipinski definition) is 2. The van der Waals surface area contributed by atoms with Crippen LogP contribution >= 0.6 is 0 Å². The van der Waals surface area contributed by atoms with E-state index in [-0.39, 0.29) is 75.5 Å². The van der Waals surface area contributed by atoms with Gasteiger partial charge in [0.15, 0.2) is 0 Å². The predicted octanol–water partition coefficient (Wildman–Crippen LogP) is 5.61. The second-order valence-corrected chi connectivity index (χ2v) is 14.9. The molecule has 2 N–H and O–H groups in total. The minimum Gasteiger partial charge on any atom is -0.445 e. The van der Waals surface area contributed by atoms with Gasteiger partial charge < -0.3 is 54.9 Å². The third-order valence-corrected chi connectivity index (χ3v) is 10.4. The van der Waals surface area contributed by atoms with E-state index in [1.54, 1.807) is 4.90 Å². The maximum atomic E-state index is 12.1. The Labute approximate surface area is 400 Å². The van der Waals surface area contributed by atoms with Crippen LogP contribution in [0.2, 0.25) is 0 Å². The number of epoxide rings is 1. The van der Waals surface area contributed by atoms with Crippen molar-refractivity contribution >= 4 is 18.3 Å². The standard InChI is InChI=1S/2C14H18N4O3.C14H17NO3.CH4.N3.Na/c15-17-16-12-9-18(8-4-7-13(12)19)14(20)21-10-11-5-2-1-3-6-11;15-17-16-12-7-4-8-18(9-13(12)19)14(20)21-10-11-5-2-1-3-6-11;16-14(17-10-11-5-2-1-3-6-11)15-8-4-7-12-13(9-15)18-12;;1-3-2;/h2*1-3,5-6,12-13,19H,4,7-10H2;1-3,5-6,12-13H,4,7-10H2;1H4;;/q;;;;-1;+1/t2*12-,13-;;;;/m00..../s1. The van der Waals surface area contributed by atoms with Gasteiger partial charge >= 0.3 is 47.8 Å². The Kier molecular flexibility index (Phi) is 26.6. The van der Waals surface area contributed by atoms with E-state index in [0.717, 1.165) is 36.1 Å². The first-order valence-corrected chi connectivity index (χ1v) is 20.6. The van der Waals surface area contributed by atoms with E-state index in [1.807, 2.05) is 91.0 Å². The number of β-amino-alcohol motifs (C(OH)–C–C–N with tert-alkyl or cyclic N) is 1. The molecule has 4 heterocycles. The Hall–Kier alpha value is -5.72. The first kappa shape index (κ1) is 55.4. The summed E-state index contributed by atoms with van der Waals surface area (Å²) in [5.74, 6) is 0. The molecule has 3 aromatic rings. The maximum Gasteiger partial charge on any atom is 1.00 e. The number of carbonyl (C=O) groups excluding carboxylic acids is 3. The number of benzene rings is 3. The van der Waals surface area contributed by atoms with Crippen molar-refractivity contribution in [1.82, 2.24) is 14.7 Å². The Bertz CT molecular complexity index is 1990. The Morgan fingerprint density at radius 2 is 0.954 bits per heavy atom. The number of aliphatic hydroxyl groups is 2. The van der Waals surface area contributed by atoms with E-state index in [1.165, 1.54) is 14.7 Å². The number of likely N-dealkylation sites (tertiary alicyclic amines) is 3. The monoisotopic (exact) mass is 908 g/mol. The molecule has 3 aromatic carbocycles. The number of carbonyl (C=O) groups is 3. The molecule has 0 aliphatic carbocycles. The molecular weight excluding hydrogens is 852 g/mol. The predicted molar refractivity (Wildman–Crippen MR) is 236 cm³/mol. The van der Waals surface area contributed by atoms with E-state index in [9.17, 15) is 24.6 Å². The van der Waals surface area contributed by atoms with Gasteiger partial charge in [0.1, 0.15) is 25.9 Å². The van der Waals surface area contributed by atoms with Crippen molar-refractivity contribution in [2.24, 2.45) is 10.2 Å². The van der Waals surface area contributed by atoms with Crippen molar-refractivity contribution < 1.29 is 73.1 Å². The maximum absolute atomic E-state index is 12.1. The van der Waals surface area contributed by atoms with Crippen LogP contribution in [0.3, 0.4) is 0 Å². The summed E-state index contributed by atoms with van der Waals surface area (Å²) >= 11 is 0. The largest absolute Gasteiger partial charge is 1.00 e. The van der Waals surface area contributed by atoms with Crippen LogP contribution < -0.4 is 29.6 Å². The number of hydrogen-bond acceptors (Lipinski definition) is 11. The summed E-state index contributed by atoms with van der Waals surface area (Å²) in [5, 5.41) is 26.9. The van der Waals surface area contributed by atoms with Gasteiger partial charge in [-0.05, 0) is 66.3 Å². The fourth-order valence-electron chi connectivity index (χ4n) is 6.94. The first-order valence-electron chi connectivity index (χ1n) is 20.6. The molecule has 0 spiro atoms. The molecule has 3 amide bonds. The quantitative estimate of drug-likeness (QED) is 0.0708. The van der Waals surface area contributed by atoms with Crippen LogP contribution in [0.25, 0.3) is 36.9 Å². The Morgan fingerprint density at radius 3 is 1.40 bits per heavy atom. The van der Waals surface area contributed by atoms with E-state index >= 15 is 0 Å². The molecule has 2 unspecified atom stereocenters. The molecule has 21 nitrogen and oxygen atoms in total. The molecule has 4 saturated heterocycles.